The van der Waals surface area contributed by atoms with Gasteiger partial charge < -0.3 is 15.1 Å². The highest BCUT2D eigenvalue weighted by molar-refractivity contribution is 6.04. The first kappa shape index (κ1) is 17.6. The van der Waals surface area contributed by atoms with Gasteiger partial charge in [-0.3, -0.25) is 9.59 Å². The molecule has 1 aromatic carbocycles. The van der Waals surface area contributed by atoms with Crippen LogP contribution in [0.5, 0.6) is 0 Å². The number of alkyl halides is 3. The molecule has 0 unspecified atom stereocenters. The number of carbonyl (C=O) groups is 2. The van der Waals surface area contributed by atoms with Crippen LogP contribution in [0.15, 0.2) is 41.2 Å². The number of halogens is 3. The first-order valence-electron chi connectivity index (χ1n) is 7.16. The molecule has 0 fully saturated rings. The Morgan fingerprint density at radius 1 is 1.17 bits per heavy atom. The van der Waals surface area contributed by atoms with Gasteiger partial charge in [0.25, 0.3) is 5.91 Å². The number of nitrogens with one attached hydrogen (secondary N) is 2. The zero-order chi connectivity index (χ0) is 17.7. The Balaban J connectivity index is 2.26. The highest BCUT2D eigenvalue weighted by Crippen LogP contribution is 2.36. The Labute approximate surface area is 135 Å². The van der Waals surface area contributed by atoms with Crippen LogP contribution in [0.25, 0.3) is 0 Å². The van der Waals surface area contributed by atoms with E-state index in [0.717, 1.165) is 12.1 Å². The summed E-state index contributed by atoms with van der Waals surface area (Å²) in [6.07, 6.45) is -1.57. The molecule has 0 radical (unpaired) electrons. The second-order valence-electron chi connectivity index (χ2n) is 5.02. The standard InChI is InChI=1S/C16H15F3N2O3/c1-2-3-14(22)21-13-5-4-11(8-12(13)16(17,18)19)20-15(23)10-6-7-24-9-10/h4-9H,2-3H2,1H3,(H,20,23)(H,21,22). The Bertz CT molecular complexity index is 725. The molecular weight excluding hydrogens is 325 g/mol. The molecular formula is C16H15F3N2O3. The van der Waals surface area contributed by atoms with Crippen molar-refractivity contribution in [1.29, 1.82) is 0 Å². The summed E-state index contributed by atoms with van der Waals surface area (Å²) in [6.45, 7) is 1.75. The highest BCUT2D eigenvalue weighted by Gasteiger charge is 2.34. The van der Waals surface area contributed by atoms with Crippen LogP contribution in [-0.4, -0.2) is 11.8 Å². The zero-order valence-electron chi connectivity index (χ0n) is 12.7. The maximum atomic E-state index is 13.2. The molecule has 128 valence electrons. The summed E-state index contributed by atoms with van der Waals surface area (Å²) in [7, 11) is 0. The quantitative estimate of drug-likeness (QED) is 0.853. The predicted molar refractivity (Wildman–Crippen MR) is 81.6 cm³/mol. The second kappa shape index (κ2) is 7.20. The molecule has 0 aliphatic heterocycles. The topological polar surface area (TPSA) is 71.3 Å². The van der Waals surface area contributed by atoms with Gasteiger partial charge in [-0.25, -0.2) is 0 Å². The summed E-state index contributed by atoms with van der Waals surface area (Å²) < 4.78 is 44.3. The van der Waals surface area contributed by atoms with Crippen molar-refractivity contribution in [2.75, 3.05) is 10.6 Å². The lowest BCUT2D eigenvalue weighted by atomic mass is 10.1. The molecule has 8 heteroatoms. The normalized spacial score (nSPS) is 11.2. The first-order chi connectivity index (χ1) is 11.3. The van der Waals surface area contributed by atoms with Gasteiger partial charge in [0.2, 0.25) is 5.91 Å². The molecule has 0 aliphatic rings. The maximum Gasteiger partial charge on any atom is 0.418 e. The summed E-state index contributed by atoms with van der Waals surface area (Å²) >= 11 is 0. The van der Waals surface area contributed by atoms with Gasteiger partial charge >= 0.3 is 6.18 Å². The molecule has 0 aliphatic carbocycles. The Hall–Kier alpha value is -2.77. The van der Waals surface area contributed by atoms with E-state index in [1.807, 2.05) is 0 Å². The monoisotopic (exact) mass is 340 g/mol. The van der Waals surface area contributed by atoms with Crippen molar-refractivity contribution in [3.05, 3.63) is 47.9 Å². The fourth-order valence-corrected chi connectivity index (χ4v) is 2.00. The van der Waals surface area contributed by atoms with Gasteiger partial charge in [-0.1, -0.05) is 6.92 Å². The van der Waals surface area contributed by atoms with Crippen molar-refractivity contribution < 1.29 is 27.2 Å². The number of amides is 2. The SMILES string of the molecule is CCCC(=O)Nc1ccc(NC(=O)c2ccoc2)cc1C(F)(F)F. The third kappa shape index (κ3) is 4.37. The van der Waals surface area contributed by atoms with E-state index in [2.05, 4.69) is 10.6 Å². The molecule has 5 nitrogen and oxygen atoms in total. The minimum Gasteiger partial charge on any atom is -0.472 e. The number of hydrogen-bond acceptors (Lipinski definition) is 3. The van der Waals surface area contributed by atoms with Crippen LogP contribution in [0, 0.1) is 0 Å². The summed E-state index contributed by atoms with van der Waals surface area (Å²) in [5.74, 6) is -1.10. The van der Waals surface area contributed by atoms with Crippen molar-refractivity contribution in [2.45, 2.75) is 25.9 Å². The largest absolute Gasteiger partial charge is 0.472 e. The molecule has 2 N–H and O–H groups in total. The van der Waals surface area contributed by atoms with E-state index in [-0.39, 0.29) is 23.4 Å². The number of benzene rings is 1. The van der Waals surface area contributed by atoms with E-state index in [1.165, 1.54) is 24.7 Å². The minimum atomic E-state index is -4.68. The Morgan fingerprint density at radius 2 is 1.92 bits per heavy atom. The molecule has 2 aromatic rings. The molecule has 2 amide bonds. The van der Waals surface area contributed by atoms with Crippen LogP contribution < -0.4 is 10.6 Å². The summed E-state index contributed by atoms with van der Waals surface area (Å²) in [4.78, 5) is 23.4. The maximum absolute atomic E-state index is 13.2. The molecule has 0 saturated carbocycles. The van der Waals surface area contributed by atoms with Gasteiger partial charge in [-0.2, -0.15) is 13.2 Å². The fourth-order valence-electron chi connectivity index (χ4n) is 2.00. The molecule has 24 heavy (non-hydrogen) atoms. The van der Waals surface area contributed by atoms with Gasteiger partial charge in [0.05, 0.1) is 23.1 Å². The summed E-state index contributed by atoms with van der Waals surface area (Å²) in [5, 5.41) is 4.59. The van der Waals surface area contributed by atoms with Gasteiger partial charge in [0.15, 0.2) is 0 Å². The van der Waals surface area contributed by atoms with Gasteiger partial charge in [0, 0.05) is 12.1 Å². The second-order valence-corrected chi connectivity index (χ2v) is 5.02. The van der Waals surface area contributed by atoms with Gasteiger partial charge in [-0.05, 0) is 30.7 Å². The predicted octanol–water partition coefficient (Wildman–Crippen LogP) is 4.29. The number of furan rings is 1. The smallest absolute Gasteiger partial charge is 0.418 e. The van der Waals surface area contributed by atoms with E-state index in [1.54, 1.807) is 6.92 Å². The summed E-state index contributed by atoms with van der Waals surface area (Å²) in [5.41, 5.74) is -1.23. The van der Waals surface area contributed by atoms with Crippen LogP contribution in [0.4, 0.5) is 24.5 Å². The van der Waals surface area contributed by atoms with E-state index < -0.39 is 23.6 Å². The number of rotatable bonds is 5. The third-order valence-corrected chi connectivity index (χ3v) is 3.12. The zero-order valence-corrected chi connectivity index (χ0v) is 12.7. The van der Waals surface area contributed by atoms with E-state index in [9.17, 15) is 22.8 Å². The molecule has 1 heterocycles. The average molecular weight is 340 g/mol. The van der Waals surface area contributed by atoms with Crippen molar-refractivity contribution in [2.24, 2.45) is 0 Å². The van der Waals surface area contributed by atoms with Gasteiger partial charge in [-0.15, -0.1) is 0 Å². The number of carbonyl (C=O) groups excluding carboxylic acids is 2. The molecule has 0 bridgehead atoms. The number of hydrogen-bond donors (Lipinski definition) is 2. The molecule has 1 aromatic heterocycles. The van der Waals surface area contributed by atoms with Crippen LogP contribution in [0.2, 0.25) is 0 Å². The Kier molecular flexibility index (Phi) is 5.28. The van der Waals surface area contributed by atoms with Gasteiger partial charge in [0.1, 0.15) is 6.26 Å². The third-order valence-electron chi connectivity index (χ3n) is 3.12. The molecule has 0 spiro atoms. The minimum absolute atomic E-state index is 0.0398. The lowest BCUT2D eigenvalue weighted by Crippen LogP contribution is -2.17. The number of anilines is 2. The van der Waals surface area contributed by atoms with Crippen LogP contribution in [-0.2, 0) is 11.0 Å². The van der Waals surface area contributed by atoms with E-state index in [4.69, 9.17) is 4.42 Å². The van der Waals surface area contributed by atoms with Crippen molar-refractivity contribution in [3.8, 4) is 0 Å². The average Bonchev–Trinajstić information content (AvgIpc) is 3.02. The van der Waals surface area contributed by atoms with E-state index in [0.29, 0.717) is 6.42 Å². The van der Waals surface area contributed by atoms with Crippen LogP contribution in [0.3, 0.4) is 0 Å². The lowest BCUT2D eigenvalue weighted by molar-refractivity contribution is -0.136. The Morgan fingerprint density at radius 3 is 2.50 bits per heavy atom. The van der Waals surface area contributed by atoms with E-state index >= 15 is 0 Å². The molecule has 0 saturated heterocycles. The van der Waals surface area contributed by atoms with Crippen molar-refractivity contribution >= 4 is 23.2 Å². The van der Waals surface area contributed by atoms with Crippen LogP contribution >= 0.6 is 0 Å². The van der Waals surface area contributed by atoms with Crippen LogP contribution in [0.1, 0.15) is 35.7 Å². The lowest BCUT2D eigenvalue weighted by Gasteiger charge is -2.15. The fraction of sp³-hybridized carbons (Fsp3) is 0.250. The summed E-state index contributed by atoms with van der Waals surface area (Å²) in [6, 6.07) is 4.56. The molecule has 0 atom stereocenters. The highest BCUT2D eigenvalue weighted by atomic mass is 19.4. The molecule has 2 rings (SSSR count). The first-order valence-corrected chi connectivity index (χ1v) is 7.16. The van der Waals surface area contributed by atoms with Crippen molar-refractivity contribution in [1.82, 2.24) is 0 Å². The van der Waals surface area contributed by atoms with Crippen molar-refractivity contribution in [3.63, 3.8) is 0 Å².